The molecule has 2 aliphatic heterocycles. The largest absolute Gasteiger partial charge is 0.376 e. The summed E-state index contributed by atoms with van der Waals surface area (Å²) in [5, 5.41) is 0. The Hall–Kier alpha value is -1.66. The lowest BCUT2D eigenvalue weighted by molar-refractivity contribution is -0.138. The van der Waals surface area contributed by atoms with E-state index in [4.69, 9.17) is 9.47 Å². The zero-order chi connectivity index (χ0) is 16.8. The Bertz CT molecular complexity index is 538. The molecule has 1 atom stereocenters. The molecule has 24 heavy (non-hydrogen) atoms. The van der Waals surface area contributed by atoms with Crippen molar-refractivity contribution in [2.75, 3.05) is 50.9 Å². The number of ether oxygens (including phenoxy) is 2. The smallest absolute Gasteiger partial charge is 0.248 e. The van der Waals surface area contributed by atoms with E-state index in [1.165, 1.54) is 12.0 Å². The fourth-order valence-corrected chi connectivity index (χ4v) is 3.28. The molecule has 0 N–H and O–H groups in total. The summed E-state index contributed by atoms with van der Waals surface area (Å²) in [7, 11) is 0. The minimum atomic E-state index is 0.0724. The van der Waals surface area contributed by atoms with Crippen molar-refractivity contribution in [1.82, 2.24) is 9.88 Å². The second-order valence-corrected chi connectivity index (χ2v) is 6.52. The first-order valence-electron chi connectivity index (χ1n) is 8.88. The molecule has 3 rings (SSSR count). The number of hydrogen-bond acceptors (Lipinski definition) is 5. The van der Waals surface area contributed by atoms with Gasteiger partial charge < -0.3 is 19.3 Å². The molecule has 2 saturated heterocycles. The molecule has 0 saturated carbocycles. The van der Waals surface area contributed by atoms with Gasteiger partial charge in [-0.2, -0.15) is 0 Å². The number of aryl methyl sites for hydroxylation is 1. The SMILES string of the molecule is Cc1cccnc1N1CCN(C(=O)COC[C@H]2CCCCO2)CC1. The second kappa shape index (κ2) is 8.44. The van der Waals surface area contributed by atoms with Crippen LogP contribution in [-0.2, 0) is 14.3 Å². The van der Waals surface area contributed by atoms with Crippen molar-refractivity contribution in [3.63, 3.8) is 0 Å². The number of rotatable bonds is 5. The summed E-state index contributed by atoms with van der Waals surface area (Å²) >= 11 is 0. The average Bonchev–Trinajstić information content (AvgIpc) is 2.63. The van der Waals surface area contributed by atoms with Crippen molar-refractivity contribution in [2.45, 2.75) is 32.3 Å². The summed E-state index contributed by atoms with van der Waals surface area (Å²) in [6.07, 6.45) is 5.35. The fourth-order valence-electron chi connectivity index (χ4n) is 3.28. The van der Waals surface area contributed by atoms with E-state index in [1.54, 1.807) is 0 Å². The van der Waals surface area contributed by atoms with Gasteiger partial charge in [0, 0.05) is 39.0 Å². The molecule has 3 heterocycles. The number of carbonyl (C=O) groups is 1. The Morgan fingerprint density at radius 3 is 2.88 bits per heavy atom. The normalized spacial score (nSPS) is 21.8. The molecule has 2 aliphatic rings. The highest BCUT2D eigenvalue weighted by atomic mass is 16.5. The molecule has 0 unspecified atom stereocenters. The van der Waals surface area contributed by atoms with Gasteiger partial charge in [-0.1, -0.05) is 6.07 Å². The molecule has 0 aliphatic carbocycles. The Morgan fingerprint density at radius 2 is 2.17 bits per heavy atom. The van der Waals surface area contributed by atoms with Crippen LogP contribution in [-0.4, -0.2) is 67.9 Å². The summed E-state index contributed by atoms with van der Waals surface area (Å²) in [6, 6.07) is 4.02. The van der Waals surface area contributed by atoms with Crippen molar-refractivity contribution in [3.8, 4) is 0 Å². The molecule has 1 aromatic rings. The zero-order valence-corrected chi connectivity index (χ0v) is 14.4. The molecule has 0 aromatic carbocycles. The van der Waals surface area contributed by atoms with E-state index in [0.29, 0.717) is 6.61 Å². The summed E-state index contributed by atoms with van der Waals surface area (Å²) in [6.45, 7) is 6.64. The van der Waals surface area contributed by atoms with Gasteiger partial charge in [0.15, 0.2) is 0 Å². The van der Waals surface area contributed by atoms with Crippen LogP contribution in [0.25, 0.3) is 0 Å². The summed E-state index contributed by atoms with van der Waals surface area (Å²) < 4.78 is 11.2. The van der Waals surface area contributed by atoms with Crippen LogP contribution in [0.4, 0.5) is 5.82 Å². The van der Waals surface area contributed by atoms with Gasteiger partial charge in [0.25, 0.3) is 0 Å². The highest BCUT2D eigenvalue weighted by molar-refractivity contribution is 5.77. The summed E-state index contributed by atoms with van der Waals surface area (Å²) in [5.41, 5.74) is 1.17. The van der Waals surface area contributed by atoms with E-state index in [0.717, 1.165) is 51.4 Å². The first kappa shape index (κ1) is 17.2. The predicted octanol–water partition coefficient (Wildman–Crippen LogP) is 1.62. The van der Waals surface area contributed by atoms with Gasteiger partial charge in [-0.25, -0.2) is 4.98 Å². The third-order valence-corrected chi connectivity index (χ3v) is 4.72. The number of amides is 1. The van der Waals surface area contributed by atoms with Crippen LogP contribution in [0.2, 0.25) is 0 Å². The van der Waals surface area contributed by atoms with E-state index < -0.39 is 0 Å². The van der Waals surface area contributed by atoms with E-state index in [1.807, 2.05) is 17.2 Å². The van der Waals surface area contributed by atoms with Crippen LogP contribution >= 0.6 is 0 Å². The van der Waals surface area contributed by atoms with Crippen molar-refractivity contribution < 1.29 is 14.3 Å². The van der Waals surface area contributed by atoms with Crippen LogP contribution < -0.4 is 4.90 Å². The monoisotopic (exact) mass is 333 g/mol. The number of pyridine rings is 1. The topological polar surface area (TPSA) is 54.9 Å². The Kier molecular flexibility index (Phi) is 6.04. The predicted molar refractivity (Wildman–Crippen MR) is 92.2 cm³/mol. The molecule has 0 bridgehead atoms. The van der Waals surface area contributed by atoms with Gasteiger partial charge in [-0.15, -0.1) is 0 Å². The maximum Gasteiger partial charge on any atom is 0.248 e. The second-order valence-electron chi connectivity index (χ2n) is 6.52. The molecule has 0 radical (unpaired) electrons. The first-order valence-corrected chi connectivity index (χ1v) is 8.88. The Morgan fingerprint density at radius 1 is 1.33 bits per heavy atom. The molecule has 1 aromatic heterocycles. The van der Waals surface area contributed by atoms with E-state index in [2.05, 4.69) is 22.9 Å². The van der Waals surface area contributed by atoms with Gasteiger partial charge in [0.2, 0.25) is 5.91 Å². The molecular formula is C18H27N3O3. The summed E-state index contributed by atoms with van der Waals surface area (Å²) in [4.78, 5) is 20.9. The molecule has 6 heteroatoms. The number of carbonyl (C=O) groups excluding carboxylic acids is 1. The van der Waals surface area contributed by atoms with Crippen LogP contribution in [0.15, 0.2) is 18.3 Å². The molecular weight excluding hydrogens is 306 g/mol. The molecule has 0 spiro atoms. The quantitative estimate of drug-likeness (QED) is 0.820. The van der Waals surface area contributed by atoms with E-state index in [9.17, 15) is 4.79 Å². The minimum absolute atomic E-state index is 0.0724. The Labute approximate surface area is 143 Å². The lowest BCUT2D eigenvalue weighted by Crippen LogP contribution is -2.50. The van der Waals surface area contributed by atoms with Crippen molar-refractivity contribution in [3.05, 3.63) is 23.9 Å². The first-order chi connectivity index (χ1) is 11.7. The molecule has 132 valence electrons. The standard InChI is InChI=1S/C18H27N3O3/c1-15-5-4-7-19-18(15)21-10-8-20(9-11-21)17(22)14-23-13-16-6-2-3-12-24-16/h4-5,7,16H,2-3,6,8-14H2,1H3/t16-/m1/s1. The van der Waals surface area contributed by atoms with Crippen molar-refractivity contribution in [1.29, 1.82) is 0 Å². The third kappa shape index (κ3) is 4.45. The van der Waals surface area contributed by atoms with Gasteiger partial charge >= 0.3 is 0 Å². The van der Waals surface area contributed by atoms with Crippen LogP contribution in [0.5, 0.6) is 0 Å². The lowest BCUT2D eigenvalue weighted by Gasteiger charge is -2.36. The maximum absolute atomic E-state index is 12.3. The maximum atomic E-state index is 12.3. The van der Waals surface area contributed by atoms with Crippen molar-refractivity contribution >= 4 is 11.7 Å². The highest BCUT2D eigenvalue weighted by Crippen LogP contribution is 2.18. The Balaban J connectivity index is 1.39. The van der Waals surface area contributed by atoms with Gasteiger partial charge in [0.1, 0.15) is 12.4 Å². The minimum Gasteiger partial charge on any atom is -0.376 e. The lowest BCUT2D eigenvalue weighted by atomic mass is 10.1. The summed E-state index contributed by atoms with van der Waals surface area (Å²) in [5.74, 6) is 1.10. The molecule has 6 nitrogen and oxygen atoms in total. The number of anilines is 1. The highest BCUT2D eigenvalue weighted by Gasteiger charge is 2.23. The zero-order valence-electron chi connectivity index (χ0n) is 14.4. The number of piperazine rings is 1. The average molecular weight is 333 g/mol. The van der Waals surface area contributed by atoms with Crippen LogP contribution in [0.1, 0.15) is 24.8 Å². The van der Waals surface area contributed by atoms with Gasteiger partial charge in [-0.3, -0.25) is 4.79 Å². The third-order valence-electron chi connectivity index (χ3n) is 4.72. The number of aromatic nitrogens is 1. The van der Waals surface area contributed by atoms with Gasteiger partial charge in [0.05, 0.1) is 12.7 Å². The molecule has 2 fully saturated rings. The van der Waals surface area contributed by atoms with Crippen LogP contribution in [0, 0.1) is 6.92 Å². The van der Waals surface area contributed by atoms with E-state index >= 15 is 0 Å². The van der Waals surface area contributed by atoms with E-state index in [-0.39, 0.29) is 18.6 Å². The van der Waals surface area contributed by atoms with Crippen molar-refractivity contribution in [2.24, 2.45) is 0 Å². The number of hydrogen-bond donors (Lipinski definition) is 0. The van der Waals surface area contributed by atoms with Gasteiger partial charge in [-0.05, 0) is 37.8 Å². The van der Waals surface area contributed by atoms with Crippen LogP contribution in [0.3, 0.4) is 0 Å². The fraction of sp³-hybridized carbons (Fsp3) is 0.667. The number of nitrogens with zero attached hydrogens (tertiary/aromatic N) is 3. The molecule has 1 amide bonds.